The summed E-state index contributed by atoms with van der Waals surface area (Å²) in [5.74, 6) is 0. The molecule has 0 aliphatic heterocycles. The zero-order valence-electron chi connectivity index (χ0n) is 7.19. The second-order valence-corrected chi connectivity index (χ2v) is 3.63. The van der Waals surface area contributed by atoms with Gasteiger partial charge >= 0.3 is 10.4 Å². The van der Waals surface area contributed by atoms with Crippen LogP contribution < -0.4 is 0 Å². The van der Waals surface area contributed by atoms with Crippen LogP contribution >= 0.6 is 0 Å². The van der Waals surface area contributed by atoms with Crippen LogP contribution in [0, 0.1) is 0 Å². The molecule has 1 atom stereocenters. The van der Waals surface area contributed by atoms with Gasteiger partial charge in [-0.2, -0.15) is 8.42 Å². The molecule has 0 aromatic heterocycles. The molecule has 12 heavy (non-hydrogen) atoms. The Morgan fingerprint density at radius 1 is 1.50 bits per heavy atom. The van der Waals surface area contributed by atoms with Crippen molar-refractivity contribution >= 4 is 10.4 Å². The Balaban J connectivity index is 3.57. The molecule has 0 spiro atoms. The Hall–Kier alpha value is -0.170. The minimum atomic E-state index is -3.83. The quantitative estimate of drug-likeness (QED) is 0.653. The van der Waals surface area contributed by atoms with Crippen molar-refractivity contribution in [3.8, 4) is 0 Å². The lowest BCUT2D eigenvalue weighted by Gasteiger charge is -2.06. The summed E-state index contributed by atoms with van der Waals surface area (Å²) in [7, 11) is -2.82. The van der Waals surface area contributed by atoms with E-state index in [0.717, 1.165) is 7.11 Å². The number of aliphatic hydroxyl groups is 1. The maximum absolute atomic E-state index is 10.5. The van der Waals surface area contributed by atoms with Crippen LogP contribution in [0.15, 0.2) is 0 Å². The van der Waals surface area contributed by atoms with E-state index < -0.39 is 16.5 Å². The molecule has 74 valence electrons. The minimum absolute atomic E-state index is 0.0504. The van der Waals surface area contributed by atoms with Gasteiger partial charge in [-0.05, 0) is 12.8 Å². The molecule has 0 amide bonds. The fourth-order valence-corrected chi connectivity index (χ4v) is 0.935. The molecule has 6 heteroatoms. The van der Waals surface area contributed by atoms with Gasteiger partial charge in [0.1, 0.15) is 0 Å². The van der Waals surface area contributed by atoms with E-state index in [1.165, 1.54) is 0 Å². The second-order valence-electron chi connectivity index (χ2n) is 2.25. The van der Waals surface area contributed by atoms with Gasteiger partial charge in [0.05, 0.1) is 19.8 Å². The predicted octanol–water partition coefficient (Wildman–Crippen LogP) is 0.0552. The zero-order valence-corrected chi connectivity index (χ0v) is 8.00. The normalized spacial score (nSPS) is 14.6. The van der Waals surface area contributed by atoms with Crippen LogP contribution in [-0.4, -0.2) is 33.3 Å². The van der Waals surface area contributed by atoms with Crippen LogP contribution in [0.5, 0.6) is 0 Å². The fourth-order valence-electron chi connectivity index (χ4n) is 0.538. The molecule has 0 bridgehead atoms. The lowest BCUT2D eigenvalue weighted by molar-refractivity contribution is 0.131. The van der Waals surface area contributed by atoms with E-state index in [1.54, 1.807) is 6.92 Å². The molecule has 1 N–H and O–H groups in total. The Bertz CT molecular complexity index is 198. The SMILES string of the molecule is CCC(O)CCOS(=O)(=O)OC. The monoisotopic (exact) mass is 198 g/mol. The van der Waals surface area contributed by atoms with E-state index in [2.05, 4.69) is 8.37 Å². The average Bonchev–Trinajstić information content (AvgIpc) is 2.04. The number of hydrogen-bond donors (Lipinski definition) is 1. The van der Waals surface area contributed by atoms with E-state index in [-0.39, 0.29) is 6.61 Å². The van der Waals surface area contributed by atoms with Crippen molar-refractivity contribution in [2.75, 3.05) is 13.7 Å². The van der Waals surface area contributed by atoms with Gasteiger partial charge in [0.25, 0.3) is 0 Å². The molecule has 0 saturated carbocycles. The number of hydrogen-bond acceptors (Lipinski definition) is 5. The van der Waals surface area contributed by atoms with Crippen LogP contribution in [0.4, 0.5) is 0 Å². The van der Waals surface area contributed by atoms with Crippen LogP contribution in [0.2, 0.25) is 0 Å². The number of aliphatic hydroxyl groups excluding tert-OH is 1. The highest BCUT2D eigenvalue weighted by atomic mass is 32.3. The highest BCUT2D eigenvalue weighted by molar-refractivity contribution is 7.81. The topological polar surface area (TPSA) is 72.8 Å². The summed E-state index contributed by atoms with van der Waals surface area (Å²) in [6, 6.07) is 0. The summed E-state index contributed by atoms with van der Waals surface area (Å²) in [6.07, 6.45) is 0.354. The molecule has 0 saturated heterocycles. The summed E-state index contributed by atoms with van der Waals surface area (Å²) in [4.78, 5) is 0. The highest BCUT2D eigenvalue weighted by Gasteiger charge is 2.09. The van der Waals surface area contributed by atoms with Crippen molar-refractivity contribution in [2.45, 2.75) is 25.9 Å². The van der Waals surface area contributed by atoms with Crippen molar-refractivity contribution in [2.24, 2.45) is 0 Å². The highest BCUT2D eigenvalue weighted by Crippen LogP contribution is 2.00. The van der Waals surface area contributed by atoms with Crippen LogP contribution in [-0.2, 0) is 18.8 Å². The van der Waals surface area contributed by atoms with E-state index in [4.69, 9.17) is 5.11 Å². The van der Waals surface area contributed by atoms with Gasteiger partial charge in [-0.25, -0.2) is 4.18 Å². The van der Waals surface area contributed by atoms with Crippen molar-refractivity contribution in [1.29, 1.82) is 0 Å². The molecular formula is C6H14O5S. The first-order chi connectivity index (χ1) is 5.52. The van der Waals surface area contributed by atoms with Crippen LogP contribution in [0.1, 0.15) is 19.8 Å². The van der Waals surface area contributed by atoms with Gasteiger partial charge in [-0.3, -0.25) is 4.18 Å². The Morgan fingerprint density at radius 3 is 2.50 bits per heavy atom. The Morgan fingerprint density at radius 2 is 2.08 bits per heavy atom. The van der Waals surface area contributed by atoms with Crippen LogP contribution in [0.3, 0.4) is 0 Å². The van der Waals surface area contributed by atoms with E-state index in [0.29, 0.717) is 12.8 Å². The first kappa shape index (κ1) is 11.8. The first-order valence-corrected chi connectivity index (χ1v) is 4.98. The van der Waals surface area contributed by atoms with Crippen molar-refractivity contribution in [3.63, 3.8) is 0 Å². The molecule has 0 rings (SSSR count). The summed E-state index contributed by atoms with van der Waals surface area (Å²) >= 11 is 0. The van der Waals surface area contributed by atoms with Gasteiger partial charge in [0.15, 0.2) is 0 Å². The molecule has 0 aliphatic carbocycles. The second kappa shape index (κ2) is 5.47. The van der Waals surface area contributed by atoms with Gasteiger partial charge in [-0.1, -0.05) is 6.92 Å². The number of rotatable bonds is 6. The van der Waals surface area contributed by atoms with Crippen molar-refractivity contribution < 1.29 is 21.9 Å². The van der Waals surface area contributed by atoms with Gasteiger partial charge in [0.2, 0.25) is 0 Å². The maximum Gasteiger partial charge on any atom is 0.399 e. The largest absolute Gasteiger partial charge is 0.399 e. The summed E-state index contributed by atoms with van der Waals surface area (Å²) in [5.41, 5.74) is 0. The summed E-state index contributed by atoms with van der Waals surface area (Å²) in [6.45, 7) is 1.75. The third-order valence-electron chi connectivity index (χ3n) is 1.35. The lowest BCUT2D eigenvalue weighted by atomic mass is 10.2. The molecule has 1 unspecified atom stereocenters. The molecule has 0 aromatic carbocycles. The van der Waals surface area contributed by atoms with Crippen LogP contribution in [0.25, 0.3) is 0 Å². The third-order valence-corrected chi connectivity index (χ3v) is 2.22. The molecule has 0 fully saturated rings. The Labute approximate surface area is 72.6 Å². The average molecular weight is 198 g/mol. The van der Waals surface area contributed by atoms with E-state index >= 15 is 0 Å². The van der Waals surface area contributed by atoms with Gasteiger partial charge in [-0.15, -0.1) is 0 Å². The van der Waals surface area contributed by atoms with Crippen molar-refractivity contribution in [3.05, 3.63) is 0 Å². The zero-order chi connectivity index (χ0) is 9.61. The molecule has 0 aliphatic rings. The van der Waals surface area contributed by atoms with Gasteiger partial charge in [0, 0.05) is 0 Å². The smallest absolute Gasteiger partial charge is 0.393 e. The van der Waals surface area contributed by atoms with E-state index in [9.17, 15) is 8.42 Å². The first-order valence-electron chi connectivity index (χ1n) is 3.65. The molecule has 5 nitrogen and oxygen atoms in total. The van der Waals surface area contributed by atoms with Gasteiger partial charge < -0.3 is 5.11 Å². The molecule has 0 heterocycles. The molecular weight excluding hydrogens is 184 g/mol. The lowest BCUT2D eigenvalue weighted by Crippen LogP contribution is -2.13. The standard InChI is InChI=1S/C6H14O5S/c1-3-6(7)4-5-11-12(8,9)10-2/h6-7H,3-5H2,1-2H3. The Kier molecular flexibility index (Phi) is 5.39. The van der Waals surface area contributed by atoms with Crippen molar-refractivity contribution in [1.82, 2.24) is 0 Å². The predicted molar refractivity (Wildman–Crippen MR) is 42.8 cm³/mol. The fraction of sp³-hybridized carbons (Fsp3) is 1.00. The molecule has 0 radical (unpaired) electrons. The summed E-state index contributed by atoms with van der Waals surface area (Å²) in [5, 5.41) is 9.01. The van der Waals surface area contributed by atoms with E-state index in [1.807, 2.05) is 0 Å². The summed E-state index contributed by atoms with van der Waals surface area (Å²) < 4.78 is 29.4. The maximum atomic E-state index is 10.5. The minimum Gasteiger partial charge on any atom is -0.393 e. The third kappa shape index (κ3) is 5.48. The molecule has 0 aromatic rings.